The van der Waals surface area contributed by atoms with Crippen molar-refractivity contribution in [2.24, 2.45) is 11.7 Å². The maximum atomic E-state index is 13.2. The first-order chi connectivity index (χ1) is 9.92. The van der Waals surface area contributed by atoms with E-state index in [0.29, 0.717) is 13.1 Å². The molecule has 0 aromatic heterocycles. The molecule has 2 atom stereocenters. The van der Waals surface area contributed by atoms with Gasteiger partial charge in [-0.25, -0.2) is 4.39 Å². The van der Waals surface area contributed by atoms with Gasteiger partial charge in [0, 0.05) is 18.7 Å². The van der Waals surface area contributed by atoms with Gasteiger partial charge in [-0.15, -0.1) is 12.4 Å². The van der Waals surface area contributed by atoms with Crippen LogP contribution in [-0.2, 0) is 0 Å². The standard InChI is InChI=1S/C14H17F3N2O2.ClH/c1-8-4-9(6-18)7-19(8)13(20)11-3-2-10(15)5-12(11)21-14(16)17;/h2-3,5,8-9,14H,4,6-7,18H2,1H3;1H. The van der Waals surface area contributed by atoms with Gasteiger partial charge in [0.25, 0.3) is 5.91 Å². The molecular weight excluding hydrogens is 321 g/mol. The number of nitrogens with two attached hydrogens (primary N) is 1. The lowest BCUT2D eigenvalue weighted by Crippen LogP contribution is -2.34. The topological polar surface area (TPSA) is 55.6 Å². The molecule has 1 fully saturated rings. The van der Waals surface area contributed by atoms with Crippen molar-refractivity contribution in [3.05, 3.63) is 29.6 Å². The molecule has 1 aliphatic heterocycles. The first kappa shape index (κ1) is 18.6. The number of carbonyl (C=O) groups is 1. The number of hydrogen-bond donors (Lipinski definition) is 1. The highest BCUT2D eigenvalue weighted by Crippen LogP contribution is 2.28. The molecule has 2 N–H and O–H groups in total. The van der Waals surface area contributed by atoms with Gasteiger partial charge in [-0.2, -0.15) is 8.78 Å². The fourth-order valence-corrected chi connectivity index (χ4v) is 2.62. The Balaban J connectivity index is 0.00000242. The molecule has 0 spiro atoms. The molecule has 0 saturated carbocycles. The Labute approximate surface area is 132 Å². The normalized spacial score (nSPS) is 20.9. The number of benzene rings is 1. The third kappa shape index (κ3) is 4.04. The summed E-state index contributed by atoms with van der Waals surface area (Å²) in [6, 6.07) is 2.96. The van der Waals surface area contributed by atoms with Crippen LogP contribution < -0.4 is 10.5 Å². The summed E-state index contributed by atoms with van der Waals surface area (Å²) in [6.07, 6.45) is 0.758. The largest absolute Gasteiger partial charge is 0.434 e. The van der Waals surface area contributed by atoms with Gasteiger partial charge in [0.15, 0.2) is 0 Å². The molecule has 22 heavy (non-hydrogen) atoms. The number of alkyl halides is 2. The Hall–Kier alpha value is -1.47. The minimum atomic E-state index is -3.12. The van der Waals surface area contributed by atoms with E-state index in [1.165, 1.54) is 0 Å². The fourth-order valence-electron chi connectivity index (χ4n) is 2.62. The average Bonchev–Trinajstić information content (AvgIpc) is 2.79. The number of amides is 1. The molecule has 2 rings (SSSR count). The van der Waals surface area contributed by atoms with Gasteiger partial charge in [-0.3, -0.25) is 4.79 Å². The van der Waals surface area contributed by atoms with E-state index in [0.717, 1.165) is 24.6 Å². The summed E-state index contributed by atoms with van der Waals surface area (Å²) >= 11 is 0. The number of nitrogens with zero attached hydrogens (tertiary/aromatic N) is 1. The molecule has 0 bridgehead atoms. The molecule has 1 aromatic carbocycles. The van der Waals surface area contributed by atoms with Crippen LogP contribution in [0.15, 0.2) is 18.2 Å². The maximum absolute atomic E-state index is 13.2. The summed E-state index contributed by atoms with van der Waals surface area (Å²) in [6.45, 7) is -0.337. The van der Waals surface area contributed by atoms with Crippen molar-refractivity contribution in [2.45, 2.75) is 26.0 Å². The van der Waals surface area contributed by atoms with Gasteiger partial charge in [0.1, 0.15) is 11.6 Å². The second-order valence-corrected chi connectivity index (χ2v) is 5.16. The lowest BCUT2D eigenvalue weighted by atomic mass is 10.1. The highest BCUT2D eigenvalue weighted by atomic mass is 35.5. The summed E-state index contributed by atoms with van der Waals surface area (Å²) in [5, 5.41) is 0. The van der Waals surface area contributed by atoms with E-state index < -0.39 is 24.1 Å². The Morgan fingerprint density at radius 2 is 2.18 bits per heavy atom. The van der Waals surface area contributed by atoms with Crippen molar-refractivity contribution >= 4 is 18.3 Å². The van der Waals surface area contributed by atoms with E-state index >= 15 is 0 Å². The molecule has 0 radical (unpaired) electrons. The van der Waals surface area contributed by atoms with Crippen molar-refractivity contribution in [3.8, 4) is 5.75 Å². The fraction of sp³-hybridized carbons (Fsp3) is 0.500. The molecular formula is C14H18ClF3N2O2. The molecule has 0 aliphatic carbocycles. The Morgan fingerprint density at radius 3 is 2.73 bits per heavy atom. The van der Waals surface area contributed by atoms with Crippen molar-refractivity contribution in [3.63, 3.8) is 0 Å². The Kier molecular flexibility index (Phi) is 6.49. The summed E-state index contributed by atoms with van der Waals surface area (Å²) in [4.78, 5) is 14.0. The molecule has 1 amide bonds. The van der Waals surface area contributed by atoms with Gasteiger partial charge < -0.3 is 15.4 Å². The van der Waals surface area contributed by atoms with E-state index in [9.17, 15) is 18.0 Å². The predicted octanol–water partition coefficient (Wildman–Crippen LogP) is 2.66. The first-order valence-corrected chi connectivity index (χ1v) is 6.67. The zero-order valence-electron chi connectivity index (χ0n) is 12.0. The summed E-state index contributed by atoms with van der Waals surface area (Å²) < 4.78 is 42.2. The average molecular weight is 339 g/mol. The van der Waals surface area contributed by atoms with E-state index in [-0.39, 0.29) is 29.9 Å². The SMILES string of the molecule is CC1CC(CN)CN1C(=O)c1ccc(F)cc1OC(F)F.Cl. The molecule has 1 aliphatic rings. The number of ether oxygens (including phenoxy) is 1. The van der Waals surface area contributed by atoms with Crippen LogP contribution >= 0.6 is 12.4 Å². The van der Waals surface area contributed by atoms with Crippen LogP contribution in [0.1, 0.15) is 23.7 Å². The second kappa shape index (κ2) is 7.69. The molecule has 8 heteroatoms. The van der Waals surface area contributed by atoms with Crippen LogP contribution in [0.4, 0.5) is 13.2 Å². The zero-order valence-corrected chi connectivity index (χ0v) is 12.8. The van der Waals surface area contributed by atoms with E-state index in [2.05, 4.69) is 4.74 Å². The van der Waals surface area contributed by atoms with Gasteiger partial charge in [0.05, 0.1) is 5.56 Å². The van der Waals surface area contributed by atoms with Crippen molar-refractivity contribution in [1.82, 2.24) is 4.90 Å². The van der Waals surface area contributed by atoms with Crippen LogP contribution in [0, 0.1) is 11.7 Å². The van der Waals surface area contributed by atoms with Crippen LogP contribution in [0.25, 0.3) is 0 Å². The van der Waals surface area contributed by atoms with Crippen LogP contribution in [0.2, 0.25) is 0 Å². The molecule has 1 aromatic rings. The van der Waals surface area contributed by atoms with Crippen LogP contribution in [-0.4, -0.2) is 36.5 Å². The summed E-state index contributed by atoms with van der Waals surface area (Å²) in [5.41, 5.74) is 5.53. The number of halogens is 4. The van der Waals surface area contributed by atoms with E-state index in [1.54, 1.807) is 4.90 Å². The summed E-state index contributed by atoms with van der Waals surface area (Å²) in [7, 11) is 0. The van der Waals surface area contributed by atoms with Gasteiger partial charge in [0.2, 0.25) is 0 Å². The third-order valence-corrected chi connectivity index (χ3v) is 3.65. The van der Waals surface area contributed by atoms with Gasteiger partial charge in [-0.1, -0.05) is 0 Å². The third-order valence-electron chi connectivity index (χ3n) is 3.65. The van der Waals surface area contributed by atoms with Crippen molar-refractivity contribution < 1.29 is 22.7 Å². The molecule has 1 heterocycles. The van der Waals surface area contributed by atoms with Gasteiger partial charge in [-0.05, 0) is 37.9 Å². The Bertz CT molecular complexity index is 531. The molecule has 2 unspecified atom stereocenters. The van der Waals surface area contributed by atoms with Crippen LogP contribution in [0.3, 0.4) is 0 Å². The lowest BCUT2D eigenvalue weighted by Gasteiger charge is -2.22. The van der Waals surface area contributed by atoms with E-state index in [1.807, 2.05) is 6.92 Å². The maximum Gasteiger partial charge on any atom is 0.387 e. The molecule has 4 nitrogen and oxygen atoms in total. The van der Waals surface area contributed by atoms with Crippen LogP contribution in [0.5, 0.6) is 5.75 Å². The predicted molar refractivity (Wildman–Crippen MR) is 77.9 cm³/mol. The lowest BCUT2D eigenvalue weighted by molar-refractivity contribution is -0.0504. The summed E-state index contributed by atoms with van der Waals surface area (Å²) in [5.74, 6) is -1.45. The highest BCUT2D eigenvalue weighted by molar-refractivity contribution is 5.97. The van der Waals surface area contributed by atoms with Crippen molar-refractivity contribution in [2.75, 3.05) is 13.1 Å². The second-order valence-electron chi connectivity index (χ2n) is 5.16. The zero-order chi connectivity index (χ0) is 15.6. The highest BCUT2D eigenvalue weighted by Gasteiger charge is 2.33. The Morgan fingerprint density at radius 1 is 1.50 bits per heavy atom. The minimum absolute atomic E-state index is 0. The number of rotatable bonds is 4. The van der Waals surface area contributed by atoms with Crippen molar-refractivity contribution in [1.29, 1.82) is 0 Å². The quantitative estimate of drug-likeness (QED) is 0.918. The molecule has 1 saturated heterocycles. The molecule has 124 valence electrons. The number of likely N-dealkylation sites (tertiary alicyclic amines) is 1. The first-order valence-electron chi connectivity index (χ1n) is 6.67. The van der Waals surface area contributed by atoms with Gasteiger partial charge >= 0.3 is 6.61 Å². The smallest absolute Gasteiger partial charge is 0.387 e. The monoisotopic (exact) mass is 338 g/mol. The number of hydrogen-bond acceptors (Lipinski definition) is 3. The van der Waals surface area contributed by atoms with E-state index in [4.69, 9.17) is 5.73 Å². The minimum Gasteiger partial charge on any atom is -0.434 e. The number of carbonyl (C=O) groups excluding carboxylic acids is 1.